The van der Waals surface area contributed by atoms with Gasteiger partial charge in [0.25, 0.3) is 0 Å². The van der Waals surface area contributed by atoms with Crippen molar-refractivity contribution in [3.05, 3.63) is 12.3 Å². The molecule has 0 spiro atoms. The average molecular weight is 151 g/mol. The molecule has 2 rings (SSSR count). The van der Waals surface area contributed by atoms with E-state index < -0.39 is 0 Å². The molecule has 0 amide bonds. The van der Waals surface area contributed by atoms with Crippen molar-refractivity contribution < 1.29 is 0 Å². The normalized spacial score (nSPS) is 18.2. The van der Waals surface area contributed by atoms with Crippen LogP contribution in [0.2, 0.25) is 0 Å². The van der Waals surface area contributed by atoms with Crippen LogP contribution < -0.4 is 5.73 Å². The zero-order valence-corrected chi connectivity index (χ0v) is 6.53. The van der Waals surface area contributed by atoms with Crippen LogP contribution in [-0.2, 0) is 6.54 Å². The van der Waals surface area contributed by atoms with E-state index in [1.165, 1.54) is 19.3 Å². The van der Waals surface area contributed by atoms with Crippen molar-refractivity contribution in [3.8, 4) is 0 Å². The predicted molar refractivity (Wildman–Crippen MR) is 44.0 cm³/mol. The molecule has 2 N–H and O–H groups in total. The zero-order chi connectivity index (χ0) is 7.68. The molecule has 1 saturated carbocycles. The topological polar surface area (TPSA) is 43.8 Å². The SMILES string of the molecule is Nc1ccnn1CC1CCC1. The minimum Gasteiger partial charge on any atom is -0.384 e. The maximum absolute atomic E-state index is 5.67. The number of nitrogens with two attached hydrogens (primary N) is 1. The van der Waals surface area contributed by atoms with Gasteiger partial charge in [0, 0.05) is 6.54 Å². The summed E-state index contributed by atoms with van der Waals surface area (Å²) in [5, 5.41) is 4.13. The fourth-order valence-electron chi connectivity index (χ4n) is 1.42. The van der Waals surface area contributed by atoms with Crippen LogP contribution in [0.25, 0.3) is 0 Å². The average Bonchev–Trinajstić information content (AvgIpc) is 2.27. The Morgan fingerprint density at radius 1 is 1.64 bits per heavy atom. The summed E-state index contributed by atoms with van der Waals surface area (Å²) in [6.45, 7) is 1.01. The maximum Gasteiger partial charge on any atom is 0.121 e. The number of anilines is 1. The Kier molecular flexibility index (Phi) is 1.56. The molecule has 1 aromatic rings. The van der Waals surface area contributed by atoms with Gasteiger partial charge in [-0.3, -0.25) is 0 Å². The van der Waals surface area contributed by atoms with Gasteiger partial charge in [-0.1, -0.05) is 6.42 Å². The molecule has 0 saturated heterocycles. The van der Waals surface area contributed by atoms with E-state index in [1.54, 1.807) is 6.20 Å². The van der Waals surface area contributed by atoms with Gasteiger partial charge in [0.1, 0.15) is 5.82 Å². The molecule has 0 unspecified atom stereocenters. The van der Waals surface area contributed by atoms with Gasteiger partial charge in [-0.05, 0) is 24.8 Å². The van der Waals surface area contributed by atoms with Gasteiger partial charge in [-0.15, -0.1) is 0 Å². The predicted octanol–water partition coefficient (Wildman–Crippen LogP) is 1.27. The first-order valence-electron chi connectivity index (χ1n) is 4.13. The van der Waals surface area contributed by atoms with Crippen LogP contribution in [0.4, 0.5) is 5.82 Å². The summed E-state index contributed by atoms with van der Waals surface area (Å²) in [7, 11) is 0. The second-order valence-corrected chi connectivity index (χ2v) is 3.24. The first-order valence-corrected chi connectivity index (χ1v) is 4.13. The van der Waals surface area contributed by atoms with E-state index in [9.17, 15) is 0 Å². The second kappa shape index (κ2) is 2.57. The highest BCUT2D eigenvalue weighted by Crippen LogP contribution is 2.28. The lowest BCUT2D eigenvalue weighted by Gasteiger charge is -2.25. The molecule has 0 bridgehead atoms. The Morgan fingerprint density at radius 2 is 2.45 bits per heavy atom. The number of aromatic nitrogens is 2. The lowest BCUT2D eigenvalue weighted by atomic mass is 9.85. The first kappa shape index (κ1) is 6.70. The van der Waals surface area contributed by atoms with Crippen LogP contribution in [0.3, 0.4) is 0 Å². The van der Waals surface area contributed by atoms with E-state index in [-0.39, 0.29) is 0 Å². The minimum atomic E-state index is 0.789. The van der Waals surface area contributed by atoms with Crippen LogP contribution in [-0.4, -0.2) is 9.78 Å². The van der Waals surface area contributed by atoms with Gasteiger partial charge in [-0.25, -0.2) is 4.68 Å². The molecular formula is C8H13N3. The molecule has 1 fully saturated rings. The number of rotatable bonds is 2. The highest BCUT2D eigenvalue weighted by atomic mass is 15.3. The fraction of sp³-hybridized carbons (Fsp3) is 0.625. The highest BCUT2D eigenvalue weighted by Gasteiger charge is 2.18. The summed E-state index contributed by atoms with van der Waals surface area (Å²) in [6.07, 6.45) is 5.83. The molecule has 3 nitrogen and oxygen atoms in total. The number of hydrogen-bond donors (Lipinski definition) is 1. The quantitative estimate of drug-likeness (QED) is 0.691. The number of hydrogen-bond acceptors (Lipinski definition) is 2. The lowest BCUT2D eigenvalue weighted by Crippen LogP contribution is -2.19. The van der Waals surface area contributed by atoms with Gasteiger partial charge in [-0.2, -0.15) is 5.10 Å². The van der Waals surface area contributed by atoms with Gasteiger partial charge >= 0.3 is 0 Å². The Hall–Kier alpha value is -0.990. The molecule has 60 valence electrons. The van der Waals surface area contributed by atoms with Crippen LogP contribution in [0.15, 0.2) is 12.3 Å². The largest absolute Gasteiger partial charge is 0.384 e. The Morgan fingerprint density at radius 3 is 2.91 bits per heavy atom. The summed E-state index contributed by atoms with van der Waals surface area (Å²) in [4.78, 5) is 0. The molecule has 0 atom stereocenters. The van der Waals surface area contributed by atoms with Gasteiger partial charge in [0.2, 0.25) is 0 Å². The third kappa shape index (κ3) is 1.23. The smallest absolute Gasteiger partial charge is 0.121 e. The van der Waals surface area contributed by atoms with Crippen LogP contribution in [0, 0.1) is 5.92 Å². The first-order chi connectivity index (χ1) is 5.36. The highest BCUT2D eigenvalue weighted by molar-refractivity contribution is 5.25. The summed E-state index contributed by atoms with van der Waals surface area (Å²) in [5.41, 5.74) is 5.67. The van der Waals surface area contributed by atoms with Gasteiger partial charge in [0.15, 0.2) is 0 Å². The standard InChI is InChI=1S/C8H13N3/c9-8-4-5-10-11(8)6-7-2-1-3-7/h4-5,7H,1-3,6,9H2. The fourth-order valence-corrected chi connectivity index (χ4v) is 1.42. The summed E-state index contributed by atoms with van der Waals surface area (Å²) < 4.78 is 1.89. The van der Waals surface area contributed by atoms with E-state index in [0.717, 1.165) is 18.3 Å². The van der Waals surface area contributed by atoms with Gasteiger partial charge in [0.05, 0.1) is 6.20 Å². The molecule has 1 heterocycles. The Labute approximate surface area is 66.2 Å². The third-order valence-electron chi connectivity index (χ3n) is 2.41. The van der Waals surface area contributed by atoms with Crippen molar-refractivity contribution in [2.24, 2.45) is 5.92 Å². The summed E-state index contributed by atoms with van der Waals surface area (Å²) in [6, 6.07) is 1.85. The summed E-state index contributed by atoms with van der Waals surface area (Å²) in [5.74, 6) is 1.62. The van der Waals surface area contributed by atoms with E-state index in [2.05, 4.69) is 5.10 Å². The Balaban J connectivity index is 1.99. The molecule has 0 aromatic carbocycles. The zero-order valence-electron chi connectivity index (χ0n) is 6.53. The van der Waals surface area contributed by atoms with Gasteiger partial charge < -0.3 is 5.73 Å². The van der Waals surface area contributed by atoms with Crippen LogP contribution in [0.5, 0.6) is 0 Å². The van der Waals surface area contributed by atoms with Crippen LogP contribution >= 0.6 is 0 Å². The molecule has 0 radical (unpaired) electrons. The van der Waals surface area contributed by atoms with E-state index >= 15 is 0 Å². The second-order valence-electron chi connectivity index (χ2n) is 3.24. The molecule has 1 aliphatic rings. The summed E-state index contributed by atoms with van der Waals surface area (Å²) >= 11 is 0. The van der Waals surface area contributed by atoms with Crippen molar-refractivity contribution in [2.45, 2.75) is 25.8 Å². The molecule has 1 aliphatic carbocycles. The number of nitrogen functional groups attached to an aromatic ring is 1. The van der Waals surface area contributed by atoms with Crippen molar-refractivity contribution in [3.63, 3.8) is 0 Å². The van der Waals surface area contributed by atoms with E-state index in [1.807, 2.05) is 10.7 Å². The molecule has 3 heteroatoms. The monoisotopic (exact) mass is 151 g/mol. The van der Waals surface area contributed by atoms with E-state index in [4.69, 9.17) is 5.73 Å². The molecule has 11 heavy (non-hydrogen) atoms. The van der Waals surface area contributed by atoms with Crippen molar-refractivity contribution >= 4 is 5.82 Å². The van der Waals surface area contributed by atoms with Crippen molar-refractivity contribution in [1.29, 1.82) is 0 Å². The van der Waals surface area contributed by atoms with Crippen molar-refractivity contribution in [2.75, 3.05) is 5.73 Å². The maximum atomic E-state index is 5.67. The lowest BCUT2D eigenvalue weighted by molar-refractivity contribution is 0.268. The minimum absolute atomic E-state index is 0.789. The molecule has 0 aliphatic heterocycles. The van der Waals surface area contributed by atoms with Crippen molar-refractivity contribution in [1.82, 2.24) is 9.78 Å². The Bertz CT molecular complexity index is 237. The molecule has 1 aromatic heterocycles. The number of nitrogens with zero attached hydrogens (tertiary/aromatic N) is 2. The third-order valence-corrected chi connectivity index (χ3v) is 2.41. The van der Waals surface area contributed by atoms with E-state index in [0.29, 0.717) is 0 Å². The van der Waals surface area contributed by atoms with Crippen LogP contribution in [0.1, 0.15) is 19.3 Å². The molecular weight excluding hydrogens is 138 g/mol.